The Morgan fingerprint density at radius 1 is 1.50 bits per heavy atom. The Bertz CT molecular complexity index is 520. The van der Waals surface area contributed by atoms with Gasteiger partial charge in [-0.3, -0.25) is 4.79 Å². The zero-order valence-electron chi connectivity index (χ0n) is 11.7. The number of carbonyl (C=O) groups excluding carboxylic acids is 1. The van der Waals surface area contributed by atoms with Gasteiger partial charge in [-0.25, -0.2) is 0 Å². The summed E-state index contributed by atoms with van der Waals surface area (Å²) in [4.78, 5) is 14.2. The van der Waals surface area contributed by atoms with Crippen molar-refractivity contribution in [2.45, 2.75) is 25.4 Å². The molecule has 1 aromatic rings. The predicted molar refractivity (Wildman–Crippen MR) is 83.8 cm³/mol. The molecule has 2 aliphatic heterocycles. The normalized spacial score (nSPS) is 25.5. The molecule has 1 amide bonds. The highest BCUT2D eigenvalue weighted by molar-refractivity contribution is 9.10. The monoisotopic (exact) mass is 337 g/mol. The summed E-state index contributed by atoms with van der Waals surface area (Å²) in [6.07, 6.45) is 2.10. The summed E-state index contributed by atoms with van der Waals surface area (Å²) < 4.78 is 1.12. The molecule has 2 unspecified atom stereocenters. The van der Waals surface area contributed by atoms with Crippen LogP contribution in [-0.4, -0.2) is 32.1 Å². The molecular formula is C15H20BrN3O. The first-order valence-corrected chi connectivity index (χ1v) is 7.97. The number of rotatable bonds is 3. The van der Waals surface area contributed by atoms with Crippen LogP contribution >= 0.6 is 15.9 Å². The number of carbonyl (C=O) groups is 1. The van der Waals surface area contributed by atoms with E-state index in [0.29, 0.717) is 6.04 Å². The van der Waals surface area contributed by atoms with Crippen LogP contribution < -0.4 is 15.5 Å². The number of anilines is 1. The number of fused-ring (bicyclic) bond motifs is 1. The smallest absolute Gasteiger partial charge is 0.225 e. The number of halogens is 1. The van der Waals surface area contributed by atoms with Crippen molar-refractivity contribution >= 4 is 27.5 Å². The Hall–Kier alpha value is -1.07. The Kier molecular flexibility index (Phi) is 3.98. The van der Waals surface area contributed by atoms with Crippen LogP contribution in [0.4, 0.5) is 5.69 Å². The second-order valence-electron chi connectivity index (χ2n) is 5.57. The summed E-state index contributed by atoms with van der Waals surface area (Å²) in [7, 11) is 1.95. The topological polar surface area (TPSA) is 44.4 Å². The first kappa shape index (κ1) is 13.9. The van der Waals surface area contributed by atoms with Crippen molar-refractivity contribution in [1.29, 1.82) is 0 Å². The molecule has 1 aromatic carbocycles. The Morgan fingerprint density at radius 3 is 3.10 bits per heavy atom. The van der Waals surface area contributed by atoms with Crippen LogP contribution in [0.5, 0.6) is 0 Å². The molecule has 20 heavy (non-hydrogen) atoms. The van der Waals surface area contributed by atoms with Crippen LogP contribution in [0.1, 0.15) is 18.4 Å². The molecule has 2 fully saturated rings. The Balaban J connectivity index is 1.86. The van der Waals surface area contributed by atoms with Crippen molar-refractivity contribution in [3.05, 3.63) is 28.2 Å². The SMILES string of the molecule is CNCc1ccc(N2CCCC3C(=O)NCC32)c(Br)c1. The van der Waals surface area contributed by atoms with Gasteiger partial charge in [-0.1, -0.05) is 6.07 Å². The van der Waals surface area contributed by atoms with E-state index in [1.54, 1.807) is 0 Å². The average molecular weight is 338 g/mol. The first-order chi connectivity index (χ1) is 9.70. The van der Waals surface area contributed by atoms with Crippen LogP contribution in [0.25, 0.3) is 0 Å². The number of piperidine rings is 1. The number of hydrogen-bond donors (Lipinski definition) is 2. The molecule has 0 saturated carbocycles. The molecule has 2 N–H and O–H groups in total. The third kappa shape index (κ3) is 2.44. The minimum atomic E-state index is 0.160. The quantitative estimate of drug-likeness (QED) is 0.885. The summed E-state index contributed by atoms with van der Waals surface area (Å²) in [6.45, 7) is 2.67. The fourth-order valence-corrected chi connectivity index (χ4v) is 4.00. The minimum Gasteiger partial charge on any atom is -0.365 e. The van der Waals surface area contributed by atoms with Crippen LogP contribution in [0.15, 0.2) is 22.7 Å². The molecule has 0 bridgehead atoms. The van der Waals surface area contributed by atoms with Gasteiger partial charge >= 0.3 is 0 Å². The van der Waals surface area contributed by atoms with E-state index in [2.05, 4.69) is 49.7 Å². The van der Waals surface area contributed by atoms with Gasteiger partial charge in [-0.2, -0.15) is 0 Å². The van der Waals surface area contributed by atoms with Crippen molar-refractivity contribution in [2.75, 3.05) is 25.0 Å². The van der Waals surface area contributed by atoms with Gasteiger partial charge in [0, 0.05) is 24.1 Å². The van der Waals surface area contributed by atoms with Crippen LogP contribution in [0, 0.1) is 5.92 Å². The van der Waals surface area contributed by atoms with E-state index in [4.69, 9.17) is 0 Å². The van der Waals surface area contributed by atoms with Crippen LogP contribution in [0.3, 0.4) is 0 Å². The molecule has 0 aromatic heterocycles. The van der Waals surface area contributed by atoms with Crippen molar-refractivity contribution < 1.29 is 4.79 Å². The maximum Gasteiger partial charge on any atom is 0.225 e. The van der Waals surface area contributed by atoms with E-state index in [0.717, 1.165) is 36.9 Å². The number of nitrogens with zero attached hydrogens (tertiary/aromatic N) is 1. The highest BCUT2D eigenvalue weighted by atomic mass is 79.9. The highest BCUT2D eigenvalue weighted by Crippen LogP contribution is 2.35. The zero-order chi connectivity index (χ0) is 14.1. The summed E-state index contributed by atoms with van der Waals surface area (Å²) >= 11 is 3.69. The number of nitrogens with one attached hydrogen (secondary N) is 2. The lowest BCUT2D eigenvalue weighted by atomic mass is 9.91. The third-order valence-electron chi connectivity index (χ3n) is 4.30. The van der Waals surface area contributed by atoms with E-state index in [1.165, 1.54) is 11.3 Å². The predicted octanol–water partition coefficient (Wildman–Crippen LogP) is 1.88. The Morgan fingerprint density at radius 2 is 2.35 bits per heavy atom. The summed E-state index contributed by atoms with van der Waals surface area (Å²) in [6, 6.07) is 6.80. The molecule has 0 radical (unpaired) electrons. The van der Waals surface area contributed by atoms with E-state index in [9.17, 15) is 4.79 Å². The lowest BCUT2D eigenvalue weighted by Gasteiger charge is -2.38. The largest absolute Gasteiger partial charge is 0.365 e. The average Bonchev–Trinajstić information content (AvgIpc) is 2.82. The van der Waals surface area contributed by atoms with E-state index >= 15 is 0 Å². The molecule has 2 heterocycles. The second kappa shape index (κ2) is 5.74. The van der Waals surface area contributed by atoms with Crippen molar-refractivity contribution in [2.24, 2.45) is 5.92 Å². The molecule has 5 heteroatoms. The molecule has 2 saturated heterocycles. The van der Waals surface area contributed by atoms with Gasteiger partial charge in [0.1, 0.15) is 0 Å². The van der Waals surface area contributed by atoms with Crippen molar-refractivity contribution in [3.8, 4) is 0 Å². The number of hydrogen-bond acceptors (Lipinski definition) is 3. The standard InChI is InChI=1S/C15H20BrN3O/c1-17-8-10-4-5-13(12(16)7-10)19-6-2-3-11-14(19)9-18-15(11)20/h4-5,7,11,14,17H,2-3,6,8-9H2,1H3,(H,18,20). The highest BCUT2D eigenvalue weighted by Gasteiger charge is 2.41. The zero-order valence-corrected chi connectivity index (χ0v) is 13.2. The first-order valence-electron chi connectivity index (χ1n) is 7.18. The van der Waals surface area contributed by atoms with Gasteiger partial charge in [0.2, 0.25) is 5.91 Å². The van der Waals surface area contributed by atoms with Crippen LogP contribution in [-0.2, 0) is 11.3 Å². The maximum absolute atomic E-state index is 11.9. The minimum absolute atomic E-state index is 0.160. The van der Waals surface area contributed by atoms with Gasteiger partial charge in [0.25, 0.3) is 0 Å². The van der Waals surface area contributed by atoms with Gasteiger partial charge in [-0.15, -0.1) is 0 Å². The van der Waals surface area contributed by atoms with Crippen molar-refractivity contribution in [3.63, 3.8) is 0 Å². The van der Waals surface area contributed by atoms with E-state index in [-0.39, 0.29) is 11.8 Å². The molecule has 2 atom stereocenters. The van der Waals surface area contributed by atoms with Crippen LogP contribution in [0.2, 0.25) is 0 Å². The van der Waals surface area contributed by atoms with Gasteiger partial charge < -0.3 is 15.5 Å². The van der Waals surface area contributed by atoms with E-state index in [1.807, 2.05) is 7.05 Å². The lowest BCUT2D eigenvalue weighted by Crippen LogP contribution is -2.45. The number of benzene rings is 1. The molecule has 2 aliphatic rings. The summed E-state index contributed by atoms with van der Waals surface area (Å²) in [5.41, 5.74) is 2.47. The van der Waals surface area contributed by atoms with Crippen molar-refractivity contribution in [1.82, 2.24) is 10.6 Å². The molecular weight excluding hydrogens is 318 g/mol. The molecule has 3 rings (SSSR count). The lowest BCUT2D eigenvalue weighted by molar-refractivity contribution is -0.122. The molecule has 4 nitrogen and oxygen atoms in total. The van der Waals surface area contributed by atoms with Gasteiger partial charge in [0.15, 0.2) is 0 Å². The van der Waals surface area contributed by atoms with Gasteiger partial charge in [0.05, 0.1) is 17.6 Å². The van der Waals surface area contributed by atoms with Gasteiger partial charge in [-0.05, 0) is 53.5 Å². The summed E-state index contributed by atoms with van der Waals surface area (Å²) in [5.74, 6) is 0.385. The van der Waals surface area contributed by atoms with E-state index < -0.39 is 0 Å². The second-order valence-corrected chi connectivity index (χ2v) is 6.43. The number of amides is 1. The fourth-order valence-electron chi connectivity index (χ4n) is 3.35. The molecule has 0 spiro atoms. The fraction of sp³-hybridized carbons (Fsp3) is 0.533. The summed E-state index contributed by atoms with van der Waals surface area (Å²) in [5, 5.41) is 6.17. The third-order valence-corrected chi connectivity index (χ3v) is 4.94. The maximum atomic E-state index is 11.9. The molecule has 108 valence electrons. The Labute approximate surface area is 128 Å². The molecule has 0 aliphatic carbocycles.